The third-order valence-electron chi connectivity index (χ3n) is 4.50. The van der Waals surface area contributed by atoms with Gasteiger partial charge in [-0.25, -0.2) is 15.0 Å². The first-order valence-electron chi connectivity index (χ1n) is 8.86. The van der Waals surface area contributed by atoms with Crippen molar-refractivity contribution in [2.24, 2.45) is 0 Å². The van der Waals surface area contributed by atoms with Crippen molar-refractivity contribution >= 4 is 28.3 Å². The Labute approximate surface area is 174 Å². The predicted molar refractivity (Wildman–Crippen MR) is 107 cm³/mol. The summed E-state index contributed by atoms with van der Waals surface area (Å²) < 4.78 is 31.9. The Morgan fingerprint density at radius 2 is 1.97 bits per heavy atom. The zero-order chi connectivity index (χ0) is 21.4. The minimum atomic E-state index is -2.79. The molecule has 0 radical (unpaired) electrons. The third-order valence-corrected chi connectivity index (χ3v) is 4.90. The number of anilines is 1. The molecule has 0 aliphatic carbocycles. The van der Waals surface area contributed by atoms with Crippen molar-refractivity contribution in [3.63, 3.8) is 0 Å². The number of nitrogens with zero attached hydrogens (tertiary/aromatic N) is 6. The lowest BCUT2D eigenvalue weighted by Crippen LogP contribution is -2.09. The highest BCUT2D eigenvalue weighted by Crippen LogP contribution is 2.36. The fraction of sp³-hybridized carbons (Fsp3) is 0.211. The van der Waals surface area contributed by atoms with Gasteiger partial charge in [0.15, 0.2) is 17.7 Å². The minimum absolute atomic E-state index is 0.0910. The highest BCUT2D eigenvalue weighted by Gasteiger charge is 2.20. The maximum Gasteiger partial charge on any atom is 0.334 e. The van der Waals surface area contributed by atoms with Gasteiger partial charge < -0.3 is 10.5 Å². The smallest absolute Gasteiger partial charge is 0.334 e. The first-order chi connectivity index (χ1) is 14.3. The number of halogens is 3. The number of pyridine rings is 1. The molecule has 0 bridgehead atoms. The van der Waals surface area contributed by atoms with Crippen LogP contribution in [0.2, 0.25) is 5.02 Å². The fourth-order valence-corrected chi connectivity index (χ4v) is 3.10. The van der Waals surface area contributed by atoms with E-state index in [0.29, 0.717) is 26.3 Å². The SMILES string of the molecule is Cc1ccc(-c2ncc(O[C@H](C)c3ncn(C(F)F)n3)c3c(N)ncnc23)cc1Cl. The second-order valence-electron chi connectivity index (χ2n) is 6.54. The van der Waals surface area contributed by atoms with Gasteiger partial charge in [0.25, 0.3) is 0 Å². The molecule has 4 aromatic rings. The monoisotopic (exact) mass is 431 g/mol. The Morgan fingerprint density at radius 3 is 2.67 bits per heavy atom. The molecule has 0 unspecified atom stereocenters. The number of nitrogen functional groups attached to an aromatic ring is 1. The van der Waals surface area contributed by atoms with Crippen molar-refractivity contribution in [1.29, 1.82) is 0 Å². The van der Waals surface area contributed by atoms with Gasteiger partial charge in [0.2, 0.25) is 0 Å². The van der Waals surface area contributed by atoms with Gasteiger partial charge in [-0.15, -0.1) is 5.10 Å². The van der Waals surface area contributed by atoms with Crippen molar-refractivity contribution < 1.29 is 13.5 Å². The number of fused-ring (bicyclic) bond motifs is 1. The average Bonchev–Trinajstić information content (AvgIpc) is 3.21. The molecule has 154 valence electrons. The van der Waals surface area contributed by atoms with Crippen molar-refractivity contribution in [1.82, 2.24) is 29.7 Å². The van der Waals surface area contributed by atoms with Crippen molar-refractivity contribution in [2.45, 2.75) is 26.5 Å². The number of aryl methyl sites for hydroxylation is 1. The van der Waals surface area contributed by atoms with Crippen LogP contribution in [-0.4, -0.2) is 29.7 Å². The molecule has 8 nitrogen and oxygen atoms in total. The second-order valence-corrected chi connectivity index (χ2v) is 6.95. The molecule has 1 aromatic carbocycles. The van der Waals surface area contributed by atoms with E-state index in [2.05, 4.69) is 25.0 Å². The van der Waals surface area contributed by atoms with Gasteiger partial charge in [-0.3, -0.25) is 4.98 Å². The van der Waals surface area contributed by atoms with E-state index >= 15 is 0 Å². The lowest BCUT2D eigenvalue weighted by atomic mass is 10.1. The van der Waals surface area contributed by atoms with Gasteiger partial charge in [-0.05, 0) is 25.5 Å². The normalized spacial score (nSPS) is 12.5. The highest BCUT2D eigenvalue weighted by atomic mass is 35.5. The van der Waals surface area contributed by atoms with Crippen LogP contribution in [0.4, 0.5) is 14.6 Å². The van der Waals surface area contributed by atoms with Crippen molar-refractivity contribution in [2.75, 3.05) is 5.73 Å². The molecular formula is C19H16ClF2N7O. The largest absolute Gasteiger partial charge is 0.480 e. The molecule has 1 atom stereocenters. The van der Waals surface area contributed by atoms with Gasteiger partial charge in [0, 0.05) is 10.6 Å². The number of aromatic nitrogens is 6. The van der Waals surface area contributed by atoms with E-state index < -0.39 is 12.7 Å². The first kappa shape index (κ1) is 19.9. The van der Waals surface area contributed by atoms with Crippen LogP contribution < -0.4 is 10.5 Å². The van der Waals surface area contributed by atoms with Crippen LogP contribution in [0.5, 0.6) is 5.75 Å². The van der Waals surface area contributed by atoms with E-state index in [0.717, 1.165) is 17.5 Å². The van der Waals surface area contributed by atoms with E-state index in [1.54, 1.807) is 13.0 Å². The number of hydrogen-bond acceptors (Lipinski definition) is 7. The van der Waals surface area contributed by atoms with Crippen LogP contribution in [0.3, 0.4) is 0 Å². The van der Waals surface area contributed by atoms with Gasteiger partial charge in [-0.2, -0.15) is 13.5 Å². The summed E-state index contributed by atoms with van der Waals surface area (Å²) in [6.07, 6.45) is 3.01. The maximum absolute atomic E-state index is 12.8. The standard InChI is InChI=1S/C19H16ClF2N7O/c1-9-3-4-11(5-12(9)20)15-16-14(17(23)26-7-25-16)13(6-24-15)30-10(2)18-27-8-29(28-18)19(21)22/h3-8,10,19H,1-2H3,(H2,23,25,26)/t10-/m1/s1. The highest BCUT2D eigenvalue weighted by molar-refractivity contribution is 6.31. The van der Waals surface area contributed by atoms with E-state index in [1.807, 2.05) is 19.1 Å². The molecule has 0 saturated carbocycles. The molecule has 11 heteroatoms. The number of hydrogen-bond donors (Lipinski definition) is 1. The predicted octanol–water partition coefficient (Wildman–Crippen LogP) is 4.36. The summed E-state index contributed by atoms with van der Waals surface area (Å²) in [4.78, 5) is 16.7. The van der Waals surface area contributed by atoms with E-state index in [4.69, 9.17) is 22.1 Å². The van der Waals surface area contributed by atoms with Crippen LogP contribution >= 0.6 is 11.6 Å². The Balaban J connectivity index is 1.77. The fourth-order valence-electron chi connectivity index (χ4n) is 2.92. The van der Waals surface area contributed by atoms with Crippen molar-refractivity contribution in [3.05, 3.63) is 53.5 Å². The quantitative estimate of drug-likeness (QED) is 0.500. The molecule has 2 N–H and O–H groups in total. The summed E-state index contributed by atoms with van der Waals surface area (Å²) >= 11 is 6.26. The van der Waals surface area contributed by atoms with Crippen LogP contribution in [0.1, 0.15) is 31.0 Å². The third kappa shape index (κ3) is 3.61. The van der Waals surface area contributed by atoms with Crippen LogP contribution in [0.25, 0.3) is 22.2 Å². The molecule has 3 aromatic heterocycles. The lowest BCUT2D eigenvalue weighted by molar-refractivity contribution is 0.0550. The van der Waals surface area contributed by atoms with E-state index in [9.17, 15) is 8.78 Å². The van der Waals surface area contributed by atoms with Gasteiger partial charge >= 0.3 is 6.55 Å². The zero-order valence-electron chi connectivity index (χ0n) is 15.9. The molecular weight excluding hydrogens is 416 g/mol. The van der Waals surface area contributed by atoms with E-state index in [-0.39, 0.29) is 17.4 Å². The summed E-state index contributed by atoms with van der Waals surface area (Å²) in [5.41, 5.74) is 8.81. The Kier molecular flexibility index (Phi) is 5.17. The summed E-state index contributed by atoms with van der Waals surface area (Å²) in [6, 6.07) is 5.56. The van der Waals surface area contributed by atoms with Crippen molar-refractivity contribution in [3.8, 4) is 17.0 Å². The maximum atomic E-state index is 12.8. The summed E-state index contributed by atoms with van der Waals surface area (Å²) in [5.74, 6) is 0.564. The Hall–Kier alpha value is -3.40. The molecule has 30 heavy (non-hydrogen) atoms. The summed E-state index contributed by atoms with van der Waals surface area (Å²) in [6.45, 7) is 0.745. The van der Waals surface area contributed by atoms with E-state index in [1.165, 1.54) is 12.5 Å². The number of nitrogens with two attached hydrogens (primary N) is 1. The number of ether oxygens (including phenoxy) is 1. The van der Waals surface area contributed by atoms with Gasteiger partial charge in [-0.1, -0.05) is 23.7 Å². The van der Waals surface area contributed by atoms with Gasteiger partial charge in [0.1, 0.15) is 24.0 Å². The molecule has 0 aliphatic rings. The molecule has 0 aliphatic heterocycles. The molecule has 0 saturated heterocycles. The second kappa shape index (κ2) is 7.79. The Morgan fingerprint density at radius 1 is 1.17 bits per heavy atom. The van der Waals surface area contributed by atoms with Crippen LogP contribution in [0.15, 0.2) is 37.1 Å². The molecule has 0 spiro atoms. The first-order valence-corrected chi connectivity index (χ1v) is 9.24. The average molecular weight is 432 g/mol. The topological polar surface area (TPSA) is 105 Å². The lowest BCUT2D eigenvalue weighted by Gasteiger charge is -2.15. The molecule has 4 rings (SSSR count). The molecule has 3 heterocycles. The molecule has 0 amide bonds. The zero-order valence-corrected chi connectivity index (χ0v) is 16.7. The number of rotatable bonds is 5. The van der Waals surface area contributed by atoms with Crippen LogP contribution in [-0.2, 0) is 0 Å². The Bertz CT molecular complexity index is 1230. The number of benzene rings is 1. The summed E-state index contributed by atoms with van der Waals surface area (Å²) in [7, 11) is 0. The molecule has 0 fully saturated rings. The summed E-state index contributed by atoms with van der Waals surface area (Å²) in [5, 5.41) is 4.76. The minimum Gasteiger partial charge on any atom is -0.480 e. The van der Waals surface area contributed by atoms with Crippen LogP contribution in [0, 0.1) is 6.92 Å². The number of alkyl halides is 2. The van der Waals surface area contributed by atoms with Gasteiger partial charge in [0.05, 0.1) is 17.3 Å².